The molecule has 0 aliphatic rings. The number of hydrogen-bond donors (Lipinski definition) is 0. The number of benzene rings is 4. The van der Waals surface area contributed by atoms with E-state index in [9.17, 15) is 0 Å². The third-order valence-corrected chi connectivity index (χ3v) is 11.0. The summed E-state index contributed by atoms with van der Waals surface area (Å²) in [6.45, 7) is 0. The van der Waals surface area contributed by atoms with Crippen molar-refractivity contribution in [2.75, 3.05) is 0 Å². The Hall–Kier alpha value is -1.80. The van der Waals surface area contributed by atoms with Gasteiger partial charge in [-0.25, -0.2) is 6.07 Å². The number of rotatable bonds is 6. The van der Waals surface area contributed by atoms with E-state index in [-0.39, 0.29) is 62.3 Å². The summed E-state index contributed by atoms with van der Waals surface area (Å²) < 4.78 is 0. The zero-order valence-electron chi connectivity index (χ0n) is 21.5. The molecule has 0 N–H and O–H groups in total. The summed E-state index contributed by atoms with van der Waals surface area (Å²) in [5.41, 5.74) is 0. The summed E-state index contributed by atoms with van der Waals surface area (Å²) in [5.74, 6) is 0. The molecule has 0 bridgehead atoms. The number of halogens is 2. The summed E-state index contributed by atoms with van der Waals surface area (Å²) in [5, 5.41) is 8.51. The van der Waals surface area contributed by atoms with E-state index >= 15 is 0 Å². The van der Waals surface area contributed by atoms with Crippen molar-refractivity contribution in [1.29, 1.82) is 0 Å². The fourth-order valence-electron chi connectivity index (χ4n) is 4.26. The quantitative estimate of drug-likeness (QED) is 0.0969. The molecule has 0 spiro atoms. The van der Waals surface area contributed by atoms with Crippen LogP contribution in [0.15, 0.2) is 170 Å². The predicted octanol–water partition coefficient (Wildman–Crippen LogP) is 7.17. The van der Waals surface area contributed by atoms with Crippen LogP contribution in [0.3, 0.4) is 0 Å². The van der Waals surface area contributed by atoms with Gasteiger partial charge >= 0.3 is 0 Å². The van der Waals surface area contributed by atoms with Gasteiger partial charge in [0.2, 0.25) is 0 Å². The molecule has 0 saturated carbocycles. The summed E-state index contributed by atoms with van der Waals surface area (Å²) in [6.07, 6.45) is 0. The first kappa shape index (κ1) is 36.2. The van der Waals surface area contributed by atoms with Crippen LogP contribution in [-0.4, -0.2) is 0 Å². The molecule has 6 aromatic carbocycles. The topological polar surface area (TPSA) is 0 Å². The third kappa shape index (κ3) is 9.37. The molecule has 0 unspecified atom stereocenters. The van der Waals surface area contributed by atoms with Crippen LogP contribution in [0.25, 0.3) is 0 Å². The predicted molar refractivity (Wildman–Crippen MR) is 176 cm³/mol. The van der Waals surface area contributed by atoms with Gasteiger partial charge in [-0.3, -0.25) is 0 Å². The van der Waals surface area contributed by atoms with Crippen LogP contribution in [0.4, 0.5) is 0 Å². The molecule has 0 fully saturated rings. The summed E-state index contributed by atoms with van der Waals surface area (Å²) in [6, 6.07) is 60.9. The van der Waals surface area contributed by atoms with Crippen LogP contribution in [0.1, 0.15) is 0 Å². The molecule has 6 heteroatoms. The summed E-state index contributed by atoms with van der Waals surface area (Å²) in [4.78, 5) is 0. The molecule has 214 valence electrons. The molecule has 6 aromatic rings. The van der Waals surface area contributed by atoms with Crippen molar-refractivity contribution in [3.8, 4) is 0 Å². The molecule has 0 aliphatic carbocycles. The molecule has 0 nitrogen and oxygen atoms in total. The molecular weight excluding hydrogens is 703 g/mol. The van der Waals surface area contributed by atoms with Crippen molar-refractivity contribution in [1.82, 2.24) is 0 Å². The van der Waals surface area contributed by atoms with E-state index in [4.69, 9.17) is 0 Å². The first-order valence-electron chi connectivity index (χ1n) is 12.1. The molecule has 0 atom stereocenters. The fourth-order valence-corrected chi connectivity index (χ4v) is 9.53. The molecule has 0 radical (unpaired) electrons. The smallest absolute Gasteiger partial charge is 0 e. The Morgan fingerprint density at radius 3 is 1.02 bits per heavy atom. The van der Waals surface area contributed by atoms with Gasteiger partial charge in [0.05, 0.1) is 0 Å². The van der Waals surface area contributed by atoms with E-state index in [1.807, 2.05) is 30.3 Å². The van der Waals surface area contributed by atoms with Crippen molar-refractivity contribution in [3.63, 3.8) is 0 Å². The Kier molecular flexibility index (Phi) is 17.5. The molecule has 0 heterocycles. The average Bonchev–Trinajstić information content (AvgIpc) is 3.68. The second-order valence-corrected chi connectivity index (χ2v) is 12.6. The monoisotopic (exact) mass is 732 g/mol. The van der Waals surface area contributed by atoms with Crippen molar-refractivity contribution in [2.45, 2.75) is 0 Å². The van der Waals surface area contributed by atoms with E-state index in [0.29, 0.717) is 0 Å². The van der Waals surface area contributed by atoms with Crippen LogP contribution in [0.2, 0.25) is 0 Å². The van der Waals surface area contributed by atoms with E-state index in [1.165, 1.54) is 31.8 Å². The van der Waals surface area contributed by atoms with Crippen molar-refractivity contribution >= 4 is 72.5 Å². The molecule has 0 aromatic heterocycles. The molecule has 6 rings (SSSR count). The van der Waals surface area contributed by atoms with Gasteiger partial charge in [-0.15, -0.1) is 30.1 Å². The Labute approximate surface area is 277 Å². The van der Waals surface area contributed by atoms with Crippen LogP contribution >= 0.6 is 40.7 Å². The van der Waals surface area contributed by atoms with Crippen molar-refractivity contribution in [2.24, 2.45) is 0 Å². The van der Waals surface area contributed by atoms with Crippen LogP contribution < -0.4 is 31.8 Å². The molecule has 40 heavy (non-hydrogen) atoms. The van der Waals surface area contributed by atoms with Crippen molar-refractivity contribution < 1.29 is 37.5 Å². The van der Waals surface area contributed by atoms with E-state index < -0.39 is 15.8 Å². The largest absolute Gasteiger partial charge is 0.748 e. The van der Waals surface area contributed by atoms with Gasteiger partial charge in [0.15, 0.2) is 0 Å². The van der Waals surface area contributed by atoms with Gasteiger partial charge in [0.25, 0.3) is 0 Å². The van der Waals surface area contributed by atoms with Crippen molar-refractivity contribution in [3.05, 3.63) is 170 Å². The van der Waals surface area contributed by atoms with E-state index in [1.54, 1.807) is 0 Å². The van der Waals surface area contributed by atoms with Gasteiger partial charge < -0.3 is 30.3 Å². The van der Waals surface area contributed by atoms with Crippen LogP contribution in [-0.2, 0) is 37.5 Å². The minimum Gasteiger partial charge on any atom is -0.748 e. The first-order chi connectivity index (χ1) is 17.9. The Morgan fingerprint density at radius 2 is 0.700 bits per heavy atom. The summed E-state index contributed by atoms with van der Waals surface area (Å²) >= 11 is 0. The zero-order chi connectivity index (χ0) is 24.4. The van der Waals surface area contributed by atoms with Gasteiger partial charge in [0.1, 0.15) is 0 Å². The molecule has 0 saturated heterocycles. The molecule has 0 aliphatic heterocycles. The summed E-state index contributed by atoms with van der Waals surface area (Å²) in [7, 11) is -1.25. The SMILES string of the molecule is Cl.Cl.[Fe].[Pd].[cH-]1[cH-][cH-][cH-][cH-]1.c1ccc(P(c2ccccc2)c2cc[cH-]c2P(c2ccccc2)c2ccccc2)cc1. The Morgan fingerprint density at radius 1 is 0.400 bits per heavy atom. The standard InChI is InChI=1S/C29H23P2.C5H5.2ClH.Fe.Pd/c1-5-14-24(15-6-1)30(25-16-7-2-8-17-25)28-22-13-23-29(28)31(26-18-9-3-10-19-26)27-20-11-4-12-21-27;1-2-4-5-3-1;;;;/h1-23H;1-5H;2*1H;;/q-1;-5;;;;. The first-order valence-corrected chi connectivity index (χ1v) is 14.8. The molecular formula is C34H30Cl2FeP2Pd-6. The Bertz CT molecular complexity index is 1240. The maximum absolute atomic E-state index is 2.35. The third-order valence-electron chi connectivity index (χ3n) is 5.87. The zero-order valence-corrected chi connectivity index (χ0v) is 27.6. The second kappa shape index (κ2) is 19.3. The second-order valence-electron chi connectivity index (χ2n) is 8.27. The minimum atomic E-state index is -0.627. The minimum absolute atomic E-state index is 0. The van der Waals surface area contributed by atoms with E-state index in [0.717, 1.165) is 0 Å². The average molecular weight is 734 g/mol. The van der Waals surface area contributed by atoms with E-state index in [2.05, 4.69) is 140 Å². The molecule has 0 amide bonds. The van der Waals surface area contributed by atoms with Crippen LogP contribution in [0, 0.1) is 0 Å². The van der Waals surface area contributed by atoms with Gasteiger partial charge in [0, 0.05) is 37.5 Å². The van der Waals surface area contributed by atoms with Gasteiger partial charge in [-0.05, 0) is 29.1 Å². The van der Waals surface area contributed by atoms with Crippen LogP contribution in [0.5, 0.6) is 0 Å². The normalized spacial score (nSPS) is 9.65. The Balaban J connectivity index is 0.000000806. The number of hydrogen-bond acceptors (Lipinski definition) is 0. The van der Waals surface area contributed by atoms with Gasteiger partial charge in [-0.2, -0.15) is 17.4 Å². The van der Waals surface area contributed by atoms with Gasteiger partial charge in [-0.1, -0.05) is 129 Å². The fraction of sp³-hybridized carbons (Fsp3) is 0. The maximum Gasteiger partial charge on any atom is 0 e. The maximum atomic E-state index is 2.35.